The zero-order chi connectivity index (χ0) is 33.7. The summed E-state index contributed by atoms with van der Waals surface area (Å²) in [6.07, 6.45) is -6.06. The van der Waals surface area contributed by atoms with Gasteiger partial charge in [-0.15, -0.1) is 11.8 Å². The number of carbonyl (C=O) groups is 3. The maximum Gasteiger partial charge on any atom is 0.471 e. The van der Waals surface area contributed by atoms with E-state index in [-0.39, 0.29) is 49.8 Å². The number of nitrogens with one attached hydrogen (secondary N) is 1. The number of nitrogens with zero attached hydrogens (tertiary/aromatic N) is 1. The Balaban J connectivity index is 1.29. The van der Waals surface area contributed by atoms with Crippen molar-refractivity contribution in [1.82, 2.24) is 10.2 Å². The number of thioether (sulfide) groups is 1. The molecule has 3 aromatic rings. The number of hydrogen-bond acceptors (Lipinski definition) is 7. The number of hydrogen-bond donors (Lipinski definition) is 3. The second-order valence-electron chi connectivity index (χ2n) is 11.5. The number of aliphatic hydroxyl groups is 1. The zero-order valence-corrected chi connectivity index (χ0v) is 26.3. The molecule has 2 fully saturated rings. The number of alkyl halides is 3. The van der Waals surface area contributed by atoms with Crippen molar-refractivity contribution in [2.75, 3.05) is 12.3 Å². The van der Waals surface area contributed by atoms with Gasteiger partial charge in [0.1, 0.15) is 6.04 Å². The molecule has 2 heterocycles. The van der Waals surface area contributed by atoms with Crippen LogP contribution in [0.15, 0.2) is 77.7 Å². The van der Waals surface area contributed by atoms with Gasteiger partial charge < -0.3 is 29.9 Å². The van der Waals surface area contributed by atoms with Crippen molar-refractivity contribution in [3.8, 4) is 0 Å². The standard InChI is InChI=1S/C34H35F3N2O7S/c1-20-27(19-47-28-7-3-2-5-25(28)31(42)43)45-32(46-29(20)23-12-10-22(18-40)11-13-23)24-14-8-21(9-15-24)17-38-30(41)26-6-4-16-39(26)33(44)34(35,36)37/h2-3,5,7-15,20,26-27,29,32,40H,4,6,16-19H2,1H3,(H,38,41)(H,42,43)/t20-,26+,27+,29+,32+/m1/s1. The number of likely N-dealkylation sites (tertiary alicyclic amines) is 1. The van der Waals surface area contributed by atoms with Gasteiger partial charge in [-0.1, -0.05) is 67.6 Å². The van der Waals surface area contributed by atoms with Crippen LogP contribution in [-0.2, 0) is 32.2 Å². The quantitative estimate of drug-likeness (QED) is 0.237. The summed E-state index contributed by atoms with van der Waals surface area (Å²) in [7, 11) is 0. The van der Waals surface area contributed by atoms with Crippen LogP contribution >= 0.6 is 11.8 Å². The van der Waals surface area contributed by atoms with Gasteiger partial charge in [0.25, 0.3) is 0 Å². The molecule has 0 unspecified atom stereocenters. The first-order valence-corrected chi connectivity index (χ1v) is 16.1. The van der Waals surface area contributed by atoms with Gasteiger partial charge in [-0.05, 0) is 41.7 Å². The molecule has 2 saturated heterocycles. The number of benzene rings is 3. The summed E-state index contributed by atoms with van der Waals surface area (Å²) < 4.78 is 51.8. The van der Waals surface area contributed by atoms with Crippen molar-refractivity contribution in [2.24, 2.45) is 5.92 Å². The SMILES string of the molecule is C[C@@H]1[C@H](CSc2ccccc2C(=O)O)O[C@H](c2ccc(CNC(=O)[C@@H]3CCCN3C(=O)C(F)(F)F)cc2)O[C@@H]1c1ccc(CO)cc1. The van der Waals surface area contributed by atoms with Gasteiger partial charge in [0.2, 0.25) is 5.91 Å². The lowest BCUT2D eigenvalue weighted by Gasteiger charge is -2.41. The summed E-state index contributed by atoms with van der Waals surface area (Å²) >= 11 is 1.39. The van der Waals surface area contributed by atoms with Gasteiger partial charge in [0.05, 0.1) is 24.4 Å². The summed E-state index contributed by atoms with van der Waals surface area (Å²) in [5.74, 6) is -3.33. The van der Waals surface area contributed by atoms with E-state index in [1.165, 1.54) is 11.8 Å². The molecule has 2 aliphatic rings. The number of rotatable bonds is 10. The largest absolute Gasteiger partial charge is 0.478 e. The summed E-state index contributed by atoms with van der Waals surface area (Å²) in [6.45, 7) is 1.85. The molecular formula is C34H35F3N2O7S. The van der Waals surface area contributed by atoms with Gasteiger partial charge in [0.15, 0.2) is 6.29 Å². The number of aromatic carboxylic acids is 1. The van der Waals surface area contributed by atoms with Gasteiger partial charge in [-0.25, -0.2) is 4.79 Å². The number of halogens is 3. The van der Waals surface area contributed by atoms with E-state index in [4.69, 9.17) is 9.47 Å². The predicted molar refractivity (Wildman–Crippen MR) is 166 cm³/mol. The highest BCUT2D eigenvalue weighted by Crippen LogP contribution is 2.43. The molecule has 5 rings (SSSR count). The van der Waals surface area contributed by atoms with Crippen LogP contribution < -0.4 is 5.32 Å². The van der Waals surface area contributed by atoms with E-state index in [0.717, 1.165) is 11.1 Å². The number of carboxylic acids is 1. The van der Waals surface area contributed by atoms with Crippen molar-refractivity contribution >= 4 is 29.5 Å². The molecule has 2 amide bonds. The molecule has 47 heavy (non-hydrogen) atoms. The lowest BCUT2D eigenvalue weighted by Crippen LogP contribution is -2.50. The average Bonchev–Trinajstić information content (AvgIpc) is 3.56. The molecule has 2 aliphatic heterocycles. The predicted octanol–water partition coefficient (Wildman–Crippen LogP) is 5.63. The fraction of sp³-hybridized carbons (Fsp3) is 0.382. The molecule has 3 aromatic carbocycles. The smallest absolute Gasteiger partial charge is 0.471 e. The Kier molecular flexibility index (Phi) is 10.9. The van der Waals surface area contributed by atoms with Gasteiger partial charge in [0, 0.05) is 35.2 Å². The fourth-order valence-corrected chi connectivity index (χ4v) is 7.01. The van der Waals surface area contributed by atoms with Crippen LogP contribution in [0.2, 0.25) is 0 Å². The second kappa shape index (κ2) is 14.9. The number of carboxylic acid groups (broad SMARTS) is 1. The summed E-state index contributed by atoms with van der Waals surface area (Å²) in [5.41, 5.74) is 3.25. The van der Waals surface area contributed by atoms with Gasteiger partial charge >= 0.3 is 18.1 Å². The monoisotopic (exact) mass is 672 g/mol. The molecule has 0 radical (unpaired) electrons. The topological polar surface area (TPSA) is 125 Å². The summed E-state index contributed by atoms with van der Waals surface area (Å²) in [6, 6.07) is 20.2. The second-order valence-corrected chi connectivity index (χ2v) is 12.6. The number of carbonyl (C=O) groups excluding carboxylic acids is 2. The third-order valence-electron chi connectivity index (χ3n) is 8.42. The highest BCUT2D eigenvalue weighted by molar-refractivity contribution is 7.99. The molecule has 0 spiro atoms. The average molecular weight is 673 g/mol. The van der Waals surface area contributed by atoms with Crippen LogP contribution in [0.3, 0.4) is 0 Å². The van der Waals surface area contributed by atoms with Crippen molar-refractivity contribution in [1.29, 1.82) is 0 Å². The van der Waals surface area contributed by atoms with Crippen LogP contribution in [0.5, 0.6) is 0 Å². The Morgan fingerprint density at radius 2 is 1.62 bits per heavy atom. The molecule has 3 N–H and O–H groups in total. The minimum absolute atomic E-state index is 0.0508. The molecule has 5 atom stereocenters. The third-order valence-corrected chi connectivity index (χ3v) is 9.58. The number of ether oxygens (including phenoxy) is 2. The van der Waals surface area contributed by atoms with E-state index in [2.05, 4.69) is 5.32 Å². The highest BCUT2D eigenvalue weighted by Gasteiger charge is 2.47. The molecule has 250 valence electrons. The van der Waals surface area contributed by atoms with Crippen molar-refractivity contribution < 1.29 is 47.2 Å². The van der Waals surface area contributed by atoms with Crippen molar-refractivity contribution in [2.45, 2.75) is 68.5 Å². The maximum absolute atomic E-state index is 13.0. The first kappa shape index (κ1) is 34.4. The lowest BCUT2D eigenvalue weighted by molar-refractivity contribution is -0.268. The van der Waals surface area contributed by atoms with Gasteiger partial charge in [-0.3, -0.25) is 9.59 Å². The van der Waals surface area contributed by atoms with Crippen LogP contribution in [0.1, 0.15) is 64.8 Å². The first-order valence-electron chi connectivity index (χ1n) is 15.2. The molecule has 9 nitrogen and oxygen atoms in total. The Morgan fingerprint density at radius 3 is 2.28 bits per heavy atom. The van der Waals surface area contributed by atoms with Crippen molar-refractivity contribution in [3.63, 3.8) is 0 Å². The lowest BCUT2D eigenvalue weighted by atomic mass is 9.91. The Hall–Kier alpha value is -3.91. The Bertz CT molecular complexity index is 1570. The summed E-state index contributed by atoms with van der Waals surface area (Å²) in [5, 5.41) is 21.8. The van der Waals surface area contributed by atoms with E-state index in [1.54, 1.807) is 48.5 Å². The Morgan fingerprint density at radius 1 is 0.957 bits per heavy atom. The van der Waals surface area contributed by atoms with E-state index in [1.807, 2.05) is 31.2 Å². The summed E-state index contributed by atoms with van der Waals surface area (Å²) in [4.78, 5) is 37.4. The van der Waals surface area contributed by atoms with Crippen LogP contribution in [-0.4, -0.2) is 63.5 Å². The van der Waals surface area contributed by atoms with Crippen LogP contribution in [0, 0.1) is 5.92 Å². The molecule has 0 saturated carbocycles. The fourth-order valence-electron chi connectivity index (χ4n) is 5.80. The van der Waals surface area contributed by atoms with E-state index in [0.29, 0.717) is 33.1 Å². The third kappa shape index (κ3) is 8.15. The van der Waals surface area contributed by atoms with Crippen molar-refractivity contribution in [3.05, 3.63) is 101 Å². The van der Waals surface area contributed by atoms with E-state index >= 15 is 0 Å². The normalized spacial score (nSPS) is 23.0. The molecule has 0 aliphatic carbocycles. The Labute approximate surface area is 274 Å². The van der Waals surface area contributed by atoms with Crippen LogP contribution in [0.4, 0.5) is 13.2 Å². The highest BCUT2D eigenvalue weighted by atomic mass is 32.2. The van der Waals surface area contributed by atoms with E-state index < -0.39 is 36.3 Å². The maximum atomic E-state index is 13.0. The zero-order valence-electron chi connectivity index (χ0n) is 25.5. The van der Waals surface area contributed by atoms with E-state index in [9.17, 15) is 37.8 Å². The minimum atomic E-state index is -5.04. The van der Waals surface area contributed by atoms with Gasteiger partial charge in [-0.2, -0.15) is 13.2 Å². The molecular weight excluding hydrogens is 637 g/mol. The minimum Gasteiger partial charge on any atom is -0.478 e. The number of amides is 2. The van der Waals surface area contributed by atoms with Crippen LogP contribution in [0.25, 0.3) is 0 Å². The molecule has 0 bridgehead atoms. The molecule has 0 aromatic heterocycles. The molecule has 13 heteroatoms. The first-order chi connectivity index (χ1) is 22.5. The number of aliphatic hydroxyl groups excluding tert-OH is 1.